The molecule has 0 heterocycles. The van der Waals surface area contributed by atoms with E-state index in [9.17, 15) is 4.79 Å². The first-order chi connectivity index (χ1) is 11.6. The summed E-state index contributed by atoms with van der Waals surface area (Å²) in [4.78, 5) is 14.7. The minimum absolute atomic E-state index is 0.0762. The van der Waals surface area contributed by atoms with E-state index in [1.165, 1.54) is 5.39 Å². The van der Waals surface area contributed by atoms with Crippen LogP contribution in [0.1, 0.15) is 30.6 Å². The van der Waals surface area contributed by atoms with E-state index in [0.717, 1.165) is 28.5 Å². The predicted molar refractivity (Wildman–Crippen MR) is 101 cm³/mol. The van der Waals surface area contributed by atoms with Gasteiger partial charge in [-0.05, 0) is 47.4 Å². The van der Waals surface area contributed by atoms with Crippen molar-refractivity contribution in [3.63, 3.8) is 0 Å². The Balaban J connectivity index is 2.16. The average molecular weight is 317 g/mol. The van der Waals surface area contributed by atoms with Crippen LogP contribution < -0.4 is 0 Å². The van der Waals surface area contributed by atoms with Gasteiger partial charge in [-0.25, -0.2) is 0 Å². The summed E-state index contributed by atoms with van der Waals surface area (Å²) < 4.78 is 0. The first kappa shape index (κ1) is 16.3. The molecule has 0 N–H and O–H groups in total. The van der Waals surface area contributed by atoms with Crippen molar-refractivity contribution in [1.29, 1.82) is 0 Å². The van der Waals surface area contributed by atoms with Gasteiger partial charge in [-0.2, -0.15) is 0 Å². The van der Waals surface area contributed by atoms with Gasteiger partial charge in [-0.1, -0.05) is 61.5 Å². The molecule has 1 amide bonds. The number of carbonyl (C=O) groups excluding carboxylic acids is 1. The minimum Gasteiger partial charge on any atom is -0.339 e. The van der Waals surface area contributed by atoms with Crippen molar-refractivity contribution >= 4 is 16.7 Å². The van der Waals surface area contributed by atoms with Crippen LogP contribution >= 0.6 is 0 Å². The smallest absolute Gasteiger partial charge is 0.253 e. The molecule has 3 rings (SSSR count). The summed E-state index contributed by atoms with van der Waals surface area (Å²) >= 11 is 0. The third-order valence-electron chi connectivity index (χ3n) is 4.77. The summed E-state index contributed by atoms with van der Waals surface area (Å²) in [6.07, 6.45) is 0.946. The first-order valence-electron chi connectivity index (χ1n) is 8.47. The third-order valence-corrected chi connectivity index (χ3v) is 4.77. The van der Waals surface area contributed by atoms with E-state index in [2.05, 4.69) is 38.1 Å². The number of amides is 1. The number of fused-ring (bicyclic) bond motifs is 1. The molecule has 1 atom stereocenters. The van der Waals surface area contributed by atoms with Crippen LogP contribution in [0.15, 0.2) is 66.7 Å². The first-order valence-corrected chi connectivity index (χ1v) is 8.47. The van der Waals surface area contributed by atoms with E-state index in [4.69, 9.17) is 0 Å². The van der Waals surface area contributed by atoms with Crippen molar-refractivity contribution in [2.24, 2.45) is 0 Å². The zero-order valence-electron chi connectivity index (χ0n) is 14.5. The fourth-order valence-corrected chi connectivity index (χ4v) is 2.97. The summed E-state index contributed by atoms with van der Waals surface area (Å²) in [7, 11) is 1.88. The zero-order chi connectivity index (χ0) is 17.1. The van der Waals surface area contributed by atoms with Gasteiger partial charge in [0.05, 0.1) is 0 Å². The Morgan fingerprint density at radius 1 is 1.00 bits per heavy atom. The van der Waals surface area contributed by atoms with Gasteiger partial charge in [0.25, 0.3) is 5.91 Å². The molecule has 2 nitrogen and oxygen atoms in total. The van der Waals surface area contributed by atoms with Crippen LogP contribution in [0.4, 0.5) is 0 Å². The van der Waals surface area contributed by atoms with Crippen LogP contribution in [0.5, 0.6) is 0 Å². The Morgan fingerprint density at radius 3 is 2.38 bits per heavy atom. The van der Waals surface area contributed by atoms with Gasteiger partial charge < -0.3 is 4.90 Å². The Morgan fingerprint density at radius 2 is 1.67 bits per heavy atom. The Labute approximate surface area is 143 Å². The second kappa shape index (κ2) is 6.88. The van der Waals surface area contributed by atoms with Crippen LogP contribution in [0, 0.1) is 0 Å². The highest BCUT2D eigenvalue weighted by molar-refractivity contribution is 6.04. The molecule has 0 bridgehead atoms. The molecule has 0 radical (unpaired) electrons. The van der Waals surface area contributed by atoms with Gasteiger partial charge in [0.2, 0.25) is 0 Å². The van der Waals surface area contributed by atoms with Gasteiger partial charge in [-0.3, -0.25) is 4.79 Å². The largest absolute Gasteiger partial charge is 0.339 e. The molecule has 0 saturated carbocycles. The summed E-state index contributed by atoms with van der Waals surface area (Å²) in [5.41, 5.74) is 2.99. The molecule has 0 aliphatic carbocycles. The van der Waals surface area contributed by atoms with E-state index in [0.29, 0.717) is 0 Å². The molecule has 0 aliphatic heterocycles. The molecule has 3 aromatic carbocycles. The Hall–Kier alpha value is -2.61. The quantitative estimate of drug-likeness (QED) is 0.633. The summed E-state index contributed by atoms with van der Waals surface area (Å²) in [5.74, 6) is 0.0762. The van der Waals surface area contributed by atoms with Gasteiger partial charge in [0.15, 0.2) is 0 Å². The van der Waals surface area contributed by atoms with Gasteiger partial charge in [-0.15, -0.1) is 0 Å². The molecule has 3 aromatic rings. The van der Waals surface area contributed by atoms with Crippen LogP contribution in [-0.2, 0) is 0 Å². The van der Waals surface area contributed by atoms with Crippen LogP contribution in [0.2, 0.25) is 0 Å². The van der Waals surface area contributed by atoms with E-state index in [-0.39, 0.29) is 11.9 Å². The highest BCUT2D eigenvalue weighted by Crippen LogP contribution is 2.30. The van der Waals surface area contributed by atoms with Crippen molar-refractivity contribution in [3.8, 4) is 11.1 Å². The SMILES string of the molecule is CCC(C)N(C)C(=O)c1cc(-c2ccccc2)c2ccccc2c1. The Bertz CT molecular complexity index is 854. The average Bonchev–Trinajstić information content (AvgIpc) is 2.65. The molecular weight excluding hydrogens is 294 g/mol. The lowest BCUT2D eigenvalue weighted by molar-refractivity contribution is 0.0741. The van der Waals surface area contributed by atoms with Gasteiger partial charge in [0, 0.05) is 18.7 Å². The van der Waals surface area contributed by atoms with Crippen LogP contribution in [0.3, 0.4) is 0 Å². The maximum atomic E-state index is 12.9. The molecule has 0 saturated heterocycles. The van der Waals surface area contributed by atoms with Crippen molar-refractivity contribution in [3.05, 3.63) is 72.3 Å². The fourth-order valence-electron chi connectivity index (χ4n) is 2.97. The highest BCUT2D eigenvalue weighted by atomic mass is 16.2. The van der Waals surface area contributed by atoms with Crippen LogP contribution in [0.25, 0.3) is 21.9 Å². The van der Waals surface area contributed by atoms with Crippen molar-refractivity contribution in [1.82, 2.24) is 4.90 Å². The maximum absolute atomic E-state index is 12.9. The summed E-state index contributed by atoms with van der Waals surface area (Å²) in [6, 6.07) is 22.8. The van der Waals surface area contributed by atoms with E-state index in [1.807, 2.05) is 54.4 Å². The number of hydrogen-bond donors (Lipinski definition) is 0. The molecule has 0 aromatic heterocycles. The normalized spacial score (nSPS) is 12.1. The van der Waals surface area contributed by atoms with E-state index < -0.39 is 0 Å². The number of nitrogens with zero attached hydrogens (tertiary/aromatic N) is 1. The molecule has 2 heteroatoms. The molecule has 0 spiro atoms. The third kappa shape index (κ3) is 3.05. The molecule has 1 unspecified atom stereocenters. The number of rotatable bonds is 4. The Kier molecular flexibility index (Phi) is 4.66. The van der Waals surface area contributed by atoms with Crippen LogP contribution in [-0.4, -0.2) is 23.9 Å². The zero-order valence-corrected chi connectivity index (χ0v) is 14.5. The standard InChI is InChI=1S/C22H23NO/c1-4-16(2)23(3)22(24)19-14-18-12-8-9-13-20(18)21(15-19)17-10-6-5-7-11-17/h5-16H,4H2,1-3H3. The number of hydrogen-bond acceptors (Lipinski definition) is 1. The lowest BCUT2D eigenvalue weighted by Gasteiger charge is -2.24. The van der Waals surface area contributed by atoms with Crippen molar-refractivity contribution in [2.45, 2.75) is 26.3 Å². The molecular formula is C22H23NO. The summed E-state index contributed by atoms with van der Waals surface area (Å²) in [6.45, 7) is 4.18. The van der Waals surface area contributed by atoms with Crippen molar-refractivity contribution in [2.75, 3.05) is 7.05 Å². The molecule has 0 aliphatic rings. The second-order valence-electron chi connectivity index (χ2n) is 6.28. The lowest BCUT2D eigenvalue weighted by atomic mass is 9.95. The van der Waals surface area contributed by atoms with Gasteiger partial charge in [0.1, 0.15) is 0 Å². The number of benzene rings is 3. The van der Waals surface area contributed by atoms with E-state index in [1.54, 1.807) is 0 Å². The van der Waals surface area contributed by atoms with E-state index >= 15 is 0 Å². The van der Waals surface area contributed by atoms with Crippen molar-refractivity contribution < 1.29 is 4.79 Å². The maximum Gasteiger partial charge on any atom is 0.253 e. The fraction of sp³-hybridized carbons (Fsp3) is 0.227. The monoisotopic (exact) mass is 317 g/mol. The summed E-state index contributed by atoms with van der Waals surface area (Å²) in [5, 5.41) is 2.27. The molecule has 0 fully saturated rings. The second-order valence-corrected chi connectivity index (χ2v) is 6.28. The minimum atomic E-state index is 0.0762. The number of carbonyl (C=O) groups is 1. The molecule has 24 heavy (non-hydrogen) atoms. The predicted octanol–water partition coefficient (Wildman–Crippen LogP) is 5.38. The van der Waals surface area contributed by atoms with Gasteiger partial charge >= 0.3 is 0 Å². The molecule has 122 valence electrons. The lowest BCUT2D eigenvalue weighted by Crippen LogP contribution is -2.34. The highest BCUT2D eigenvalue weighted by Gasteiger charge is 2.18. The topological polar surface area (TPSA) is 20.3 Å².